The molecule has 1 amide bonds. The quantitative estimate of drug-likeness (QED) is 0.741. The normalized spacial score (nSPS) is 11.1. The second kappa shape index (κ2) is 8.81. The van der Waals surface area contributed by atoms with Crippen LogP contribution in [0.15, 0.2) is 42.5 Å². The Labute approximate surface area is 156 Å². The van der Waals surface area contributed by atoms with Crippen LogP contribution in [-0.4, -0.2) is 34.2 Å². The SMILES string of the molecule is COc1ccccc1NC(=O)CCCN(c1ccc(F)c(F)c1)S(C)(=O)=O. The van der Waals surface area contributed by atoms with Crippen LogP contribution in [0.5, 0.6) is 5.75 Å². The molecule has 0 spiro atoms. The van der Waals surface area contributed by atoms with Gasteiger partial charge < -0.3 is 10.1 Å². The van der Waals surface area contributed by atoms with Gasteiger partial charge in [0.05, 0.1) is 24.7 Å². The molecule has 0 fully saturated rings. The monoisotopic (exact) mass is 398 g/mol. The van der Waals surface area contributed by atoms with E-state index in [1.165, 1.54) is 13.2 Å². The minimum atomic E-state index is -3.72. The molecular weight excluding hydrogens is 378 g/mol. The molecule has 0 unspecified atom stereocenters. The summed E-state index contributed by atoms with van der Waals surface area (Å²) in [6.45, 7) is -0.0523. The molecule has 2 aromatic carbocycles. The molecule has 0 aliphatic heterocycles. The van der Waals surface area contributed by atoms with Crippen LogP contribution in [0.25, 0.3) is 0 Å². The Morgan fingerprint density at radius 1 is 1.15 bits per heavy atom. The van der Waals surface area contributed by atoms with Crippen LogP contribution in [0.3, 0.4) is 0 Å². The van der Waals surface area contributed by atoms with Gasteiger partial charge in [-0.2, -0.15) is 0 Å². The summed E-state index contributed by atoms with van der Waals surface area (Å²) in [5.74, 6) is -2.03. The average Bonchev–Trinajstić information content (AvgIpc) is 2.60. The summed E-state index contributed by atoms with van der Waals surface area (Å²) in [5, 5.41) is 2.69. The number of carbonyl (C=O) groups excluding carboxylic acids is 1. The highest BCUT2D eigenvalue weighted by atomic mass is 32.2. The van der Waals surface area contributed by atoms with Gasteiger partial charge in [-0.1, -0.05) is 12.1 Å². The number of nitrogens with zero attached hydrogens (tertiary/aromatic N) is 1. The van der Waals surface area contributed by atoms with E-state index in [0.717, 1.165) is 22.7 Å². The zero-order chi connectivity index (χ0) is 20.0. The first kappa shape index (κ1) is 20.6. The van der Waals surface area contributed by atoms with E-state index >= 15 is 0 Å². The van der Waals surface area contributed by atoms with E-state index in [2.05, 4.69) is 5.32 Å². The van der Waals surface area contributed by atoms with Crippen molar-refractivity contribution in [3.8, 4) is 5.75 Å². The smallest absolute Gasteiger partial charge is 0.232 e. The molecule has 2 aromatic rings. The lowest BCUT2D eigenvalue weighted by Crippen LogP contribution is -2.31. The van der Waals surface area contributed by atoms with E-state index in [1.807, 2.05) is 0 Å². The van der Waals surface area contributed by atoms with Gasteiger partial charge in [-0.15, -0.1) is 0 Å². The largest absolute Gasteiger partial charge is 0.495 e. The highest BCUT2D eigenvalue weighted by molar-refractivity contribution is 7.92. The second-order valence-electron chi connectivity index (χ2n) is 5.79. The standard InChI is InChI=1S/C18H20F2N2O4S/c1-26-17-7-4-3-6-16(17)21-18(23)8-5-11-22(27(2,24)25)13-9-10-14(19)15(20)12-13/h3-4,6-7,9-10,12H,5,8,11H2,1-2H3,(H,21,23). The Bertz CT molecular complexity index is 919. The Balaban J connectivity index is 2.01. The molecule has 0 heterocycles. The minimum Gasteiger partial charge on any atom is -0.495 e. The number of carbonyl (C=O) groups is 1. The summed E-state index contributed by atoms with van der Waals surface area (Å²) in [6, 6.07) is 9.73. The first-order valence-electron chi connectivity index (χ1n) is 8.08. The molecule has 0 aliphatic rings. The summed E-state index contributed by atoms with van der Waals surface area (Å²) in [7, 11) is -2.24. The maximum Gasteiger partial charge on any atom is 0.232 e. The molecule has 0 saturated carbocycles. The molecule has 0 atom stereocenters. The first-order valence-corrected chi connectivity index (χ1v) is 9.93. The lowest BCUT2D eigenvalue weighted by Gasteiger charge is -2.22. The Hall–Kier alpha value is -2.68. The van der Waals surface area contributed by atoms with Gasteiger partial charge in [0.1, 0.15) is 5.75 Å². The predicted octanol–water partition coefficient (Wildman–Crippen LogP) is 3.16. The molecule has 0 aliphatic carbocycles. The van der Waals surface area contributed by atoms with Crippen LogP contribution in [0, 0.1) is 11.6 Å². The van der Waals surface area contributed by atoms with Gasteiger partial charge in [0.25, 0.3) is 0 Å². The van der Waals surface area contributed by atoms with Gasteiger partial charge in [0.2, 0.25) is 15.9 Å². The lowest BCUT2D eigenvalue weighted by molar-refractivity contribution is -0.116. The molecule has 1 N–H and O–H groups in total. The van der Waals surface area contributed by atoms with Crippen LogP contribution in [0.4, 0.5) is 20.2 Å². The van der Waals surface area contributed by atoms with Crippen molar-refractivity contribution in [2.45, 2.75) is 12.8 Å². The van der Waals surface area contributed by atoms with E-state index in [0.29, 0.717) is 11.4 Å². The fourth-order valence-electron chi connectivity index (χ4n) is 2.47. The molecule has 0 saturated heterocycles. The maximum atomic E-state index is 13.4. The Morgan fingerprint density at radius 3 is 2.48 bits per heavy atom. The topological polar surface area (TPSA) is 75.7 Å². The van der Waals surface area contributed by atoms with Crippen molar-refractivity contribution >= 4 is 27.3 Å². The van der Waals surface area contributed by atoms with E-state index in [-0.39, 0.29) is 31.0 Å². The number of methoxy groups -OCH3 is 1. The molecule has 146 valence electrons. The van der Waals surface area contributed by atoms with Gasteiger partial charge in [0.15, 0.2) is 11.6 Å². The minimum absolute atomic E-state index is 0.00142. The number of anilines is 2. The van der Waals surface area contributed by atoms with Crippen molar-refractivity contribution in [1.29, 1.82) is 0 Å². The number of sulfonamides is 1. The van der Waals surface area contributed by atoms with Gasteiger partial charge in [-0.25, -0.2) is 17.2 Å². The maximum absolute atomic E-state index is 13.4. The third kappa shape index (κ3) is 5.65. The summed E-state index contributed by atoms with van der Waals surface area (Å²) in [4.78, 5) is 12.1. The number of hydrogen-bond donors (Lipinski definition) is 1. The number of para-hydroxylation sites is 2. The number of amides is 1. The van der Waals surface area contributed by atoms with Crippen molar-refractivity contribution in [3.63, 3.8) is 0 Å². The van der Waals surface area contributed by atoms with E-state index in [9.17, 15) is 22.0 Å². The van der Waals surface area contributed by atoms with Gasteiger partial charge in [-0.05, 0) is 30.7 Å². The van der Waals surface area contributed by atoms with Gasteiger partial charge in [-0.3, -0.25) is 9.10 Å². The zero-order valence-corrected chi connectivity index (χ0v) is 15.7. The summed E-state index contributed by atoms with van der Waals surface area (Å²) < 4.78 is 56.5. The molecule has 6 nitrogen and oxygen atoms in total. The molecular formula is C18H20F2N2O4S. The molecule has 2 rings (SSSR count). The number of nitrogens with one attached hydrogen (secondary N) is 1. The molecule has 0 radical (unpaired) electrons. The van der Waals surface area contributed by atoms with Gasteiger partial charge >= 0.3 is 0 Å². The Morgan fingerprint density at radius 2 is 1.85 bits per heavy atom. The van der Waals surface area contributed by atoms with Crippen molar-refractivity contribution in [3.05, 3.63) is 54.1 Å². The van der Waals surface area contributed by atoms with E-state index < -0.39 is 21.7 Å². The van der Waals surface area contributed by atoms with Crippen molar-refractivity contribution in [2.24, 2.45) is 0 Å². The summed E-state index contributed by atoms with van der Waals surface area (Å²) in [6.07, 6.45) is 1.18. The highest BCUT2D eigenvalue weighted by Crippen LogP contribution is 2.24. The number of hydrogen-bond acceptors (Lipinski definition) is 4. The van der Waals surface area contributed by atoms with Crippen LogP contribution in [0.1, 0.15) is 12.8 Å². The predicted molar refractivity (Wildman–Crippen MR) is 99.4 cm³/mol. The van der Waals surface area contributed by atoms with Crippen LogP contribution in [0.2, 0.25) is 0 Å². The zero-order valence-electron chi connectivity index (χ0n) is 14.9. The Kier molecular flexibility index (Phi) is 6.73. The van der Waals surface area contributed by atoms with E-state index in [1.54, 1.807) is 24.3 Å². The second-order valence-corrected chi connectivity index (χ2v) is 7.69. The van der Waals surface area contributed by atoms with Crippen LogP contribution < -0.4 is 14.4 Å². The van der Waals surface area contributed by atoms with E-state index in [4.69, 9.17) is 4.74 Å². The first-order chi connectivity index (χ1) is 12.7. The summed E-state index contributed by atoms with van der Waals surface area (Å²) in [5.41, 5.74) is 0.507. The van der Waals surface area contributed by atoms with Gasteiger partial charge in [0, 0.05) is 19.0 Å². The average molecular weight is 398 g/mol. The van der Waals surface area contributed by atoms with Crippen molar-refractivity contribution < 1.29 is 26.7 Å². The number of halogens is 2. The molecule has 9 heteroatoms. The molecule has 27 heavy (non-hydrogen) atoms. The number of ether oxygens (including phenoxy) is 1. The third-order valence-electron chi connectivity index (χ3n) is 3.74. The highest BCUT2D eigenvalue weighted by Gasteiger charge is 2.19. The van der Waals surface area contributed by atoms with Crippen LogP contribution in [-0.2, 0) is 14.8 Å². The number of benzene rings is 2. The summed E-state index contributed by atoms with van der Waals surface area (Å²) >= 11 is 0. The molecule has 0 aromatic heterocycles. The molecule has 0 bridgehead atoms. The fraction of sp³-hybridized carbons (Fsp3) is 0.278. The number of rotatable bonds is 8. The van der Waals surface area contributed by atoms with Crippen molar-refractivity contribution in [2.75, 3.05) is 29.5 Å². The van der Waals surface area contributed by atoms with Crippen LogP contribution >= 0.6 is 0 Å². The third-order valence-corrected chi connectivity index (χ3v) is 4.93. The fourth-order valence-corrected chi connectivity index (χ4v) is 3.43. The van der Waals surface area contributed by atoms with Crippen molar-refractivity contribution in [1.82, 2.24) is 0 Å². The lowest BCUT2D eigenvalue weighted by atomic mass is 10.2.